The van der Waals surface area contributed by atoms with E-state index in [0.29, 0.717) is 48.3 Å². The van der Waals surface area contributed by atoms with Gasteiger partial charge in [-0.15, -0.1) is 0 Å². The van der Waals surface area contributed by atoms with Crippen molar-refractivity contribution in [2.24, 2.45) is 0 Å². The van der Waals surface area contributed by atoms with Crippen LogP contribution in [0.2, 0.25) is 0 Å². The number of ether oxygens (including phenoxy) is 6. The Morgan fingerprint density at radius 2 is 1.83 bits per heavy atom. The van der Waals surface area contributed by atoms with Gasteiger partial charge in [0.1, 0.15) is 29.8 Å². The number of carbonyl (C=O) groups is 2. The normalized spacial score (nSPS) is 17.6. The summed E-state index contributed by atoms with van der Waals surface area (Å²) in [5, 5.41) is 0. The van der Waals surface area contributed by atoms with Crippen molar-refractivity contribution >= 4 is 29.1 Å². The van der Waals surface area contributed by atoms with Gasteiger partial charge in [0, 0.05) is 26.0 Å². The molecule has 2 unspecified atom stereocenters. The van der Waals surface area contributed by atoms with Gasteiger partial charge < -0.3 is 37.9 Å². The molecule has 0 bridgehead atoms. The molecule has 5 rings (SSSR count). The third kappa shape index (κ3) is 9.47. The number of carbonyl (C=O) groups excluding carboxylic acids is 2. The number of rotatable bonds is 12. The maximum Gasteiger partial charge on any atom is 0.426 e. The molecule has 3 aromatic carbocycles. The smallest absolute Gasteiger partial charge is 0.426 e. The average molecular weight is 682 g/mol. The van der Waals surface area contributed by atoms with Gasteiger partial charge >= 0.3 is 12.2 Å². The molecule has 48 heavy (non-hydrogen) atoms. The molecule has 3 aromatic rings. The van der Waals surface area contributed by atoms with Gasteiger partial charge in [0.05, 0.1) is 43.3 Å². The van der Waals surface area contributed by atoms with Crippen LogP contribution in [0.15, 0.2) is 66.7 Å². The van der Waals surface area contributed by atoms with Crippen LogP contribution in [-0.2, 0) is 49.8 Å². The van der Waals surface area contributed by atoms with Gasteiger partial charge in [0.15, 0.2) is 0 Å². The van der Waals surface area contributed by atoms with Crippen LogP contribution in [0.4, 0.5) is 15.3 Å². The number of benzene rings is 3. The molecule has 0 saturated carbocycles. The monoisotopic (exact) mass is 681 g/mol. The molecular weight excluding hydrogens is 640 g/mol. The van der Waals surface area contributed by atoms with Crippen LogP contribution >= 0.6 is 0 Å². The van der Waals surface area contributed by atoms with E-state index in [2.05, 4.69) is 0 Å². The summed E-state index contributed by atoms with van der Waals surface area (Å²) in [6.07, 6.45) is -1.01. The van der Waals surface area contributed by atoms with Crippen molar-refractivity contribution in [3.63, 3.8) is 0 Å². The zero-order chi connectivity index (χ0) is 34.5. The molecule has 0 spiro atoms. The maximum atomic E-state index is 12.6. The minimum Gasteiger partial charge on any atom is -0.755 e. The topological polar surface area (TPSA) is 136 Å². The molecular formula is C35H41N2O10S-. The lowest BCUT2D eigenvalue weighted by Crippen LogP contribution is -2.38. The number of hydrogen-bond acceptors (Lipinski definition) is 10. The first-order valence-electron chi connectivity index (χ1n) is 15.7. The largest absolute Gasteiger partial charge is 0.755 e. The van der Waals surface area contributed by atoms with E-state index < -0.39 is 28.7 Å². The fraction of sp³-hybridized carbons (Fsp3) is 0.429. The van der Waals surface area contributed by atoms with E-state index >= 15 is 0 Å². The number of amides is 2. The van der Waals surface area contributed by atoms with Gasteiger partial charge in [-0.25, -0.2) is 13.9 Å². The first kappa shape index (κ1) is 35.1. The second-order valence-corrected chi connectivity index (χ2v) is 13.7. The quantitative estimate of drug-likeness (QED) is 0.161. The van der Waals surface area contributed by atoms with Crippen molar-refractivity contribution in [1.82, 2.24) is 4.90 Å². The van der Waals surface area contributed by atoms with E-state index in [1.165, 1.54) is 6.07 Å². The van der Waals surface area contributed by atoms with E-state index in [1.54, 1.807) is 43.9 Å². The molecule has 13 heteroatoms. The predicted molar refractivity (Wildman–Crippen MR) is 176 cm³/mol. The molecule has 0 aliphatic carbocycles. The highest BCUT2D eigenvalue weighted by atomic mass is 32.2. The van der Waals surface area contributed by atoms with Gasteiger partial charge in [0.25, 0.3) is 0 Å². The fourth-order valence-electron chi connectivity index (χ4n) is 5.18. The first-order valence-corrected chi connectivity index (χ1v) is 16.7. The SMILES string of the molecule is CC(C)(C)OC(=O)N(c1cccc(COCCOc2ccc(CCN3CC(c4ccc5c(c4)COC(C)(C)O5)OC3=O)cc2)c1)S(=O)[O-]. The van der Waals surface area contributed by atoms with Crippen LogP contribution < -0.4 is 13.8 Å². The number of fused-ring (bicyclic) bond motifs is 1. The lowest BCUT2D eigenvalue weighted by atomic mass is 10.0. The number of anilines is 1. The Hall–Kier alpha value is -4.17. The van der Waals surface area contributed by atoms with Crippen LogP contribution in [0.3, 0.4) is 0 Å². The van der Waals surface area contributed by atoms with Crippen molar-refractivity contribution in [2.75, 3.05) is 30.6 Å². The summed E-state index contributed by atoms with van der Waals surface area (Å²) in [6.45, 7) is 10.9. The maximum absolute atomic E-state index is 12.6. The molecule has 0 N–H and O–H groups in total. The van der Waals surface area contributed by atoms with Crippen LogP contribution in [0.1, 0.15) is 63.0 Å². The number of nitrogens with zero attached hydrogens (tertiary/aromatic N) is 2. The van der Waals surface area contributed by atoms with Crippen molar-refractivity contribution in [1.29, 1.82) is 0 Å². The van der Waals surface area contributed by atoms with E-state index in [9.17, 15) is 18.4 Å². The fourth-order valence-corrected chi connectivity index (χ4v) is 5.62. The van der Waals surface area contributed by atoms with Gasteiger partial charge in [-0.1, -0.05) is 30.3 Å². The minimum atomic E-state index is -2.86. The van der Waals surface area contributed by atoms with E-state index in [1.807, 2.05) is 56.3 Å². The van der Waals surface area contributed by atoms with Crippen molar-refractivity contribution < 1.29 is 46.8 Å². The molecule has 2 atom stereocenters. The van der Waals surface area contributed by atoms with Crippen molar-refractivity contribution in [3.05, 3.63) is 89.0 Å². The van der Waals surface area contributed by atoms with Crippen LogP contribution in [0, 0.1) is 0 Å². The Kier molecular flexibility index (Phi) is 10.9. The molecule has 2 amide bonds. The Morgan fingerprint density at radius 1 is 1.06 bits per heavy atom. The highest BCUT2D eigenvalue weighted by Crippen LogP contribution is 2.35. The highest BCUT2D eigenvalue weighted by Gasteiger charge is 2.34. The standard InChI is InChI=1S/C35H42N2O10S/c1-34(2,3)47-33(39)37(48(40)41)28-8-6-7-25(19-28)22-42-17-18-43-29-12-9-24(10-13-29)15-16-36-21-31(45-32(36)38)26-11-14-30-27(20-26)23-44-35(4,5)46-30/h6-14,19-20,31H,15-18,21-23H2,1-5H3,(H,40,41)/p-1. The van der Waals surface area contributed by atoms with Gasteiger partial charge in [0.2, 0.25) is 5.79 Å². The second-order valence-electron chi connectivity index (χ2n) is 12.9. The molecule has 0 aromatic heterocycles. The third-order valence-corrected chi connectivity index (χ3v) is 8.15. The number of hydrogen-bond donors (Lipinski definition) is 0. The summed E-state index contributed by atoms with van der Waals surface area (Å²) in [5.74, 6) is 0.797. The van der Waals surface area contributed by atoms with Crippen LogP contribution in [0.5, 0.6) is 11.5 Å². The van der Waals surface area contributed by atoms with Gasteiger partial charge in [-0.2, -0.15) is 0 Å². The summed E-state index contributed by atoms with van der Waals surface area (Å²) >= 11 is -2.86. The van der Waals surface area contributed by atoms with E-state index in [4.69, 9.17) is 28.4 Å². The number of cyclic esters (lactones) is 1. The average Bonchev–Trinajstić information content (AvgIpc) is 3.39. The zero-order valence-electron chi connectivity index (χ0n) is 27.8. The Bertz CT molecular complexity index is 1620. The molecule has 0 radical (unpaired) electrons. The molecule has 258 valence electrons. The Morgan fingerprint density at radius 3 is 2.56 bits per heavy atom. The van der Waals surface area contributed by atoms with Crippen LogP contribution in [-0.4, -0.2) is 63.5 Å². The third-order valence-electron chi connectivity index (χ3n) is 7.49. The predicted octanol–water partition coefficient (Wildman–Crippen LogP) is 6.20. The van der Waals surface area contributed by atoms with E-state index in [0.717, 1.165) is 22.4 Å². The molecule has 1 saturated heterocycles. The second kappa shape index (κ2) is 14.9. The highest BCUT2D eigenvalue weighted by molar-refractivity contribution is 7.81. The van der Waals surface area contributed by atoms with Gasteiger partial charge in [-0.05, 0) is 80.3 Å². The lowest BCUT2D eigenvalue weighted by Gasteiger charge is -2.32. The summed E-state index contributed by atoms with van der Waals surface area (Å²) in [7, 11) is 0. The van der Waals surface area contributed by atoms with Gasteiger partial charge in [-0.3, -0.25) is 4.21 Å². The summed E-state index contributed by atoms with van der Waals surface area (Å²) in [4.78, 5) is 26.7. The van der Waals surface area contributed by atoms with Crippen LogP contribution in [0.25, 0.3) is 0 Å². The summed E-state index contributed by atoms with van der Waals surface area (Å²) in [5.41, 5.74) is 2.89. The summed E-state index contributed by atoms with van der Waals surface area (Å²) < 4.78 is 58.1. The first-order chi connectivity index (χ1) is 22.8. The minimum absolute atomic E-state index is 0.154. The van der Waals surface area contributed by atoms with E-state index in [-0.39, 0.29) is 31.1 Å². The zero-order valence-corrected chi connectivity index (χ0v) is 28.6. The molecule has 2 aliphatic heterocycles. The molecule has 12 nitrogen and oxygen atoms in total. The lowest BCUT2D eigenvalue weighted by molar-refractivity contribution is -0.180. The summed E-state index contributed by atoms with van der Waals surface area (Å²) in [6, 6.07) is 20.0. The molecule has 2 heterocycles. The Labute approximate surface area is 283 Å². The van der Waals surface area contributed by atoms with Crippen molar-refractivity contribution in [2.45, 2.75) is 71.7 Å². The molecule has 1 fully saturated rings. The van der Waals surface area contributed by atoms with Crippen molar-refractivity contribution in [3.8, 4) is 11.5 Å². The molecule has 2 aliphatic rings. The Balaban J connectivity index is 1.03.